The molecule has 170 valence electrons. The first kappa shape index (κ1) is 21.0. The number of aromatic hydroxyl groups is 1. The Morgan fingerprint density at radius 1 is 0.771 bits per heavy atom. The third-order valence-corrected chi connectivity index (χ3v) is 6.87. The van der Waals surface area contributed by atoms with Crippen molar-refractivity contribution in [3.8, 4) is 17.2 Å². The van der Waals surface area contributed by atoms with Crippen molar-refractivity contribution in [2.45, 2.75) is 13.8 Å². The van der Waals surface area contributed by atoms with Crippen molar-refractivity contribution in [2.24, 2.45) is 0 Å². The van der Waals surface area contributed by atoms with Crippen LogP contribution in [0, 0.1) is 13.8 Å². The van der Waals surface area contributed by atoms with Gasteiger partial charge in [-0.15, -0.1) is 0 Å². The van der Waals surface area contributed by atoms with Gasteiger partial charge in [-0.05, 0) is 89.0 Å². The van der Waals surface area contributed by atoms with Gasteiger partial charge in [-0.3, -0.25) is 0 Å². The van der Waals surface area contributed by atoms with Gasteiger partial charge in [0.1, 0.15) is 17.2 Å². The van der Waals surface area contributed by atoms with Crippen molar-refractivity contribution < 1.29 is 19.7 Å². The number of rotatable bonds is 2. The molecule has 0 unspecified atom stereocenters. The molecule has 0 radical (unpaired) electrons. The highest BCUT2D eigenvalue weighted by atomic mass is 16.5. The van der Waals surface area contributed by atoms with Gasteiger partial charge in [0.05, 0.1) is 5.56 Å². The average molecular weight is 459 g/mol. The van der Waals surface area contributed by atoms with E-state index in [9.17, 15) is 15.0 Å². The standard InChI is InChI=1S/C31H22O4/c1-16-4-8-22-19(12-16)5-9-24-28(26-13-17(2)18(3)14-27(26)31(33)34)25-10-6-20-15-21(32)7-11-23(20)30(25)35-29(22)24/h4-15,32H,1H2,2-3H3,(H,33,34). The lowest BCUT2D eigenvalue weighted by molar-refractivity contribution is 0.0696. The zero-order chi connectivity index (χ0) is 24.4. The third kappa shape index (κ3) is 3.18. The van der Waals surface area contributed by atoms with Crippen LogP contribution >= 0.6 is 0 Å². The van der Waals surface area contributed by atoms with Crippen LogP contribution in [0.15, 0.2) is 72.8 Å². The van der Waals surface area contributed by atoms with Gasteiger partial charge in [0.15, 0.2) is 0 Å². The second-order valence-corrected chi connectivity index (χ2v) is 9.11. The van der Waals surface area contributed by atoms with Gasteiger partial charge >= 0.3 is 5.97 Å². The zero-order valence-electron chi connectivity index (χ0n) is 19.3. The summed E-state index contributed by atoms with van der Waals surface area (Å²) in [5, 5.41) is 25.5. The van der Waals surface area contributed by atoms with Crippen LogP contribution in [0.1, 0.15) is 32.6 Å². The highest BCUT2D eigenvalue weighted by Gasteiger charge is 2.27. The number of carboxylic acids is 1. The Morgan fingerprint density at radius 3 is 2.26 bits per heavy atom. The predicted octanol–water partition coefficient (Wildman–Crippen LogP) is 5.78. The highest BCUT2D eigenvalue weighted by Crippen LogP contribution is 2.44. The molecule has 1 heterocycles. The summed E-state index contributed by atoms with van der Waals surface area (Å²) in [5.74, 6) is 0.526. The molecule has 0 saturated heterocycles. The summed E-state index contributed by atoms with van der Waals surface area (Å²) in [6.07, 6.45) is 0. The molecule has 0 aromatic heterocycles. The van der Waals surface area contributed by atoms with E-state index in [4.69, 9.17) is 4.74 Å². The molecule has 5 aromatic carbocycles. The number of benzene rings is 5. The summed E-state index contributed by atoms with van der Waals surface area (Å²) in [6, 6.07) is 22.7. The number of phenolic OH excluding ortho intramolecular Hbond substituents is 1. The van der Waals surface area contributed by atoms with Crippen LogP contribution in [0.25, 0.3) is 33.7 Å². The van der Waals surface area contributed by atoms with Gasteiger partial charge in [0.25, 0.3) is 0 Å². The maximum Gasteiger partial charge on any atom is 0.336 e. The molecule has 4 heteroatoms. The molecule has 0 bridgehead atoms. The monoisotopic (exact) mass is 458 g/mol. The largest absolute Gasteiger partial charge is 0.508 e. The van der Waals surface area contributed by atoms with Gasteiger partial charge in [0, 0.05) is 27.1 Å². The molecule has 4 nitrogen and oxygen atoms in total. The Morgan fingerprint density at radius 2 is 1.46 bits per heavy atom. The van der Waals surface area contributed by atoms with Gasteiger partial charge in [-0.2, -0.15) is 0 Å². The molecular formula is C31H22O4. The number of carboxylic acid groups (broad SMARTS) is 1. The first-order valence-corrected chi connectivity index (χ1v) is 11.4. The van der Waals surface area contributed by atoms with Crippen LogP contribution in [0.3, 0.4) is 0 Å². The van der Waals surface area contributed by atoms with Crippen LogP contribution in [0.2, 0.25) is 0 Å². The minimum Gasteiger partial charge on any atom is -0.508 e. The van der Waals surface area contributed by atoms with E-state index in [1.165, 1.54) is 0 Å². The van der Waals surface area contributed by atoms with Crippen LogP contribution in [0.5, 0.6) is 17.2 Å². The maximum atomic E-state index is 12.4. The molecule has 1 aliphatic heterocycles. The number of fused-ring (bicyclic) bond motifs is 6. The summed E-state index contributed by atoms with van der Waals surface area (Å²) in [6.45, 7) is 7.96. The van der Waals surface area contributed by atoms with Crippen LogP contribution in [0.4, 0.5) is 0 Å². The summed E-state index contributed by atoms with van der Waals surface area (Å²) < 4.78 is 6.62. The molecule has 0 fully saturated rings. The number of aryl methyl sites for hydroxylation is 2. The Hall–Kier alpha value is -4.57. The topological polar surface area (TPSA) is 66.8 Å². The third-order valence-electron chi connectivity index (χ3n) is 6.87. The normalized spacial score (nSPS) is 12.3. The number of phenols is 1. The van der Waals surface area contributed by atoms with Crippen molar-refractivity contribution in [3.05, 3.63) is 111 Å². The lowest BCUT2D eigenvalue weighted by Gasteiger charge is -2.25. The van der Waals surface area contributed by atoms with Crippen LogP contribution < -0.4 is 15.2 Å². The minimum atomic E-state index is -0.974. The molecule has 1 aliphatic rings. The van der Waals surface area contributed by atoms with Gasteiger partial charge in [-0.25, -0.2) is 4.79 Å². The minimum absolute atomic E-state index is 0.175. The molecule has 5 aromatic rings. The molecule has 2 N–H and O–H groups in total. The lowest BCUT2D eigenvalue weighted by Crippen LogP contribution is -2.19. The van der Waals surface area contributed by atoms with E-state index in [2.05, 4.69) is 6.58 Å². The average Bonchev–Trinajstić information content (AvgIpc) is 2.83. The van der Waals surface area contributed by atoms with Gasteiger partial charge < -0.3 is 14.9 Å². The van der Waals surface area contributed by atoms with E-state index in [0.717, 1.165) is 54.2 Å². The van der Waals surface area contributed by atoms with Crippen LogP contribution in [-0.4, -0.2) is 16.2 Å². The fourth-order valence-corrected chi connectivity index (χ4v) is 4.99. The van der Waals surface area contributed by atoms with Crippen molar-refractivity contribution >= 4 is 39.7 Å². The number of hydrogen-bond acceptors (Lipinski definition) is 3. The number of carbonyl (C=O) groups is 1. The molecule has 0 spiro atoms. The van der Waals surface area contributed by atoms with E-state index >= 15 is 0 Å². The first-order chi connectivity index (χ1) is 16.8. The maximum absolute atomic E-state index is 12.4. The predicted molar refractivity (Wildman–Crippen MR) is 139 cm³/mol. The fraction of sp³-hybridized carbons (Fsp3) is 0.0645. The summed E-state index contributed by atoms with van der Waals surface area (Å²) in [5.41, 5.74) is 4.47. The Bertz CT molecular complexity index is 1850. The van der Waals surface area contributed by atoms with E-state index in [1.807, 2.05) is 68.4 Å². The summed E-state index contributed by atoms with van der Waals surface area (Å²) >= 11 is 0. The number of hydrogen-bond donors (Lipinski definition) is 2. The highest BCUT2D eigenvalue weighted by molar-refractivity contribution is 6.04. The molecule has 0 amide bonds. The molecular weight excluding hydrogens is 436 g/mol. The second kappa shape index (κ2) is 7.47. The Labute approximate surface area is 201 Å². The lowest BCUT2D eigenvalue weighted by atomic mass is 9.86. The number of ether oxygens (including phenoxy) is 1. The number of aromatic carboxylic acids is 1. The first-order valence-electron chi connectivity index (χ1n) is 11.4. The fourth-order valence-electron chi connectivity index (χ4n) is 4.99. The smallest absolute Gasteiger partial charge is 0.336 e. The Kier molecular flexibility index (Phi) is 4.48. The second-order valence-electron chi connectivity index (χ2n) is 9.11. The van der Waals surface area contributed by atoms with E-state index in [1.54, 1.807) is 18.2 Å². The van der Waals surface area contributed by atoms with Gasteiger partial charge in [0.2, 0.25) is 0 Å². The molecule has 0 aliphatic carbocycles. The van der Waals surface area contributed by atoms with E-state index < -0.39 is 5.97 Å². The SMILES string of the molecule is C=c1ccc2c3c(ccc2c1)=C(c1cc(C)c(C)cc1C(=O)O)c1ccc2cc(O)ccc2c1O3. The quantitative estimate of drug-likeness (QED) is 0.345. The van der Waals surface area contributed by atoms with Crippen molar-refractivity contribution in [1.29, 1.82) is 0 Å². The van der Waals surface area contributed by atoms with Crippen LogP contribution in [-0.2, 0) is 0 Å². The van der Waals surface area contributed by atoms with E-state index in [0.29, 0.717) is 17.1 Å². The molecule has 0 saturated carbocycles. The molecule has 6 rings (SSSR count). The van der Waals surface area contributed by atoms with Crippen molar-refractivity contribution in [2.75, 3.05) is 0 Å². The van der Waals surface area contributed by atoms with Crippen molar-refractivity contribution in [3.63, 3.8) is 0 Å². The summed E-state index contributed by atoms with van der Waals surface area (Å²) in [4.78, 5) is 12.4. The van der Waals surface area contributed by atoms with Gasteiger partial charge in [-0.1, -0.05) is 36.9 Å². The van der Waals surface area contributed by atoms with Crippen molar-refractivity contribution in [1.82, 2.24) is 0 Å². The van der Waals surface area contributed by atoms with E-state index in [-0.39, 0.29) is 11.3 Å². The zero-order valence-corrected chi connectivity index (χ0v) is 19.3. The molecule has 35 heavy (non-hydrogen) atoms. The molecule has 0 atom stereocenters. The summed E-state index contributed by atoms with van der Waals surface area (Å²) in [7, 11) is 0. The Balaban J connectivity index is 1.83.